The third-order valence-corrected chi connectivity index (χ3v) is 6.49. The number of carbonyl (C=O) groups is 2. The Balaban J connectivity index is 1.59. The average Bonchev–Trinajstić information content (AvgIpc) is 2.78. The number of rotatable bonds is 6. The van der Waals surface area contributed by atoms with E-state index in [0.29, 0.717) is 24.0 Å². The lowest BCUT2D eigenvalue weighted by Crippen LogP contribution is -2.46. The van der Waals surface area contributed by atoms with Gasteiger partial charge in [-0.3, -0.25) is 19.4 Å². The van der Waals surface area contributed by atoms with Crippen molar-refractivity contribution in [2.45, 2.75) is 64.5 Å². The van der Waals surface area contributed by atoms with Crippen LogP contribution in [0.4, 0.5) is 17.5 Å². The predicted octanol–water partition coefficient (Wildman–Crippen LogP) is 3.61. The first-order chi connectivity index (χ1) is 16.3. The van der Waals surface area contributed by atoms with Crippen LogP contribution in [0, 0.1) is 0 Å². The predicted molar refractivity (Wildman–Crippen MR) is 132 cm³/mol. The van der Waals surface area contributed by atoms with Crippen LogP contribution in [0.1, 0.15) is 63.5 Å². The number of carbonyl (C=O) groups excluding carboxylic acids is 2. The summed E-state index contributed by atoms with van der Waals surface area (Å²) in [5.74, 6) is -0.599. The van der Waals surface area contributed by atoms with Crippen molar-refractivity contribution in [1.82, 2.24) is 9.97 Å². The minimum absolute atomic E-state index is 0.126. The molecular formula is C25H31N5O4. The fourth-order valence-corrected chi connectivity index (χ4v) is 4.77. The third kappa shape index (κ3) is 4.69. The van der Waals surface area contributed by atoms with Crippen molar-refractivity contribution >= 4 is 35.0 Å². The van der Waals surface area contributed by atoms with Crippen molar-refractivity contribution in [3.8, 4) is 0 Å². The molecule has 0 unspecified atom stereocenters. The molecule has 3 atom stereocenters. The summed E-state index contributed by atoms with van der Waals surface area (Å²) in [5, 5.41) is 5.50. The molecule has 3 heterocycles. The number of ether oxygens (including phenoxy) is 1. The normalized spacial score (nSPS) is 21.9. The number of hydrogen-bond donors (Lipinski definition) is 3. The Morgan fingerprint density at radius 2 is 1.88 bits per heavy atom. The van der Waals surface area contributed by atoms with Crippen LogP contribution >= 0.6 is 0 Å². The van der Waals surface area contributed by atoms with Gasteiger partial charge in [0.2, 0.25) is 17.8 Å². The van der Waals surface area contributed by atoms with Crippen molar-refractivity contribution in [2.75, 3.05) is 22.1 Å². The lowest BCUT2D eigenvalue weighted by Gasteiger charge is -2.39. The van der Waals surface area contributed by atoms with Crippen molar-refractivity contribution < 1.29 is 14.3 Å². The monoisotopic (exact) mass is 465 g/mol. The second kappa shape index (κ2) is 9.70. The van der Waals surface area contributed by atoms with E-state index in [0.717, 1.165) is 24.8 Å². The second-order valence-electron chi connectivity index (χ2n) is 8.92. The van der Waals surface area contributed by atoms with E-state index in [2.05, 4.69) is 45.9 Å². The molecule has 0 radical (unpaired) electrons. The largest absolute Gasteiger partial charge is 0.494 e. The van der Waals surface area contributed by atoms with Crippen LogP contribution < -0.4 is 21.1 Å². The van der Waals surface area contributed by atoms with Gasteiger partial charge in [-0.25, -0.2) is 0 Å². The zero-order chi connectivity index (χ0) is 24.4. The number of hydrogen-bond acceptors (Lipinski definition) is 6. The first-order valence-corrected chi connectivity index (χ1v) is 11.7. The molecule has 2 aromatic rings. The Bertz CT molecular complexity index is 1150. The minimum Gasteiger partial charge on any atom is -0.494 e. The second-order valence-corrected chi connectivity index (χ2v) is 8.92. The van der Waals surface area contributed by atoms with Crippen LogP contribution in [0.15, 0.2) is 35.6 Å². The molecule has 2 aliphatic heterocycles. The van der Waals surface area contributed by atoms with E-state index < -0.39 is 17.4 Å². The molecule has 0 saturated carbocycles. The number of benzene rings is 1. The molecule has 1 aromatic heterocycles. The van der Waals surface area contributed by atoms with E-state index in [1.165, 1.54) is 0 Å². The highest BCUT2D eigenvalue weighted by Crippen LogP contribution is 2.32. The maximum absolute atomic E-state index is 13.1. The van der Waals surface area contributed by atoms with Crippen molar-refractivity contribution in [1.29, 1.82) is 0 Å². The number of piperidine rings is 1. The third-order valence-electron chi connectivity index (χ3n) is 6.49. The van der Waals surface area contributed by atoms with Crippen molar-refractivity contribution in [2.24, 2.45) is 0 Å². The van der Waals surface area contributed by atoms with Crippen LogP contribution in [-0.4, -0.2) is 40.5 Å². The molecule has 0 aliphatic carbocycles. The summed E-state index contributed by atoms with van der Waals surface area (Å²) in [4.78, 5) is 48.2. The van der Waals surface area contributed by atoms with Gasteiger partial charge in [0.05, 0.1) is 18.1 Å². The van der Waals surface area contributed by atoms with Crippen LogP contribution in [-0.2, 0) is 14.3 Å². The van der Waals surface area contributed by atoms with E-state index in [1.807, 2.05) is 6.92 Å². The molecule has 9 heteroatoms. The van der Waals surface area contributed by atoms with E-state index in [1.54, 1.807) is 24.3 Å². The molecule has 1 saturated heterocycles. The number of nitrogens with one attached hydrogen (secondary N) is 3. The van der Waals surface area contributed by atoms with E-state index in [9.17, 15) is 14.4 Å². The molecule has 180 valence electrons. The Morgan fingerprint density at radius 1 is 1.21 bits per heavy atom. The topological polar surface area (TPSA) is 116 Å². The summed E-state index contributed by atoms with van der Waals surface area (Å²) in [5.41, 5.74) is 1.12. The lowest BCUT2D eigenvalue weighted by molar-refractivity contribution is -0.123. The highest BCUT2D eigenvalue weighted by Gasteiger charge is 2.36. The van der Waals surface area contributed by atoms with Crippen LogP contribution in [0.25, 0.3) is 5.76 Å². The number of aromatic amines is 1. The quantitative estimate of drug-likeness (QED) is 0.561. The van der Waals surface area contributed by atoms with Gasteiger partial charge in [0.25, 0.3) is 5.56 Å². The number of anilines is 3. The molecular weight excluding hydrogens is 434 g/mol. The molecule has 0 bridgehead atoms. The smallest absolute Gasteiger partial charge is 0.258 e. The number of H-pyrrole nitrogens is 1. The number of amides is 2. The zero-order valence-electron chi connectivity index (χ0n) is 19.8. The van der Waals surface area contributed by atoms with Crippen LogP contribution in [0.5, 0.6) is 0 Å². The molecule has 0 spiro atoms. The molecule has 2 amide bonds. The maximum Gasteiger partial charge on any atom is 0.258 e. The van der Waals surface area contributed by atoms with Gasteiger partial charge >= 0.3 is 0 Å². The van der Waals surface area contributed by atoms with Gasteiger partial charge in [-0.15, -0.1) is 0 Å². The van der Waals surface area contributed by atoms with E-state index in [-0.39, 0.29) is 35.8 Å². The molecule has 34 heavy (non-hydrogen) atoms. The van der Waals surface area contributed by atoms with Crippen molar-refractivity contribution in [3.63, 3.8) is 0 Å². The molecule has 9 nitrogen and oxygen atoms in total. The SMILES string of the molecule is C=C(OCC)c1ccc(NC(=O)[C@H]2CC(=O)Nc3nc(N4[C@H](C)CCC[C@@H]4C)[nH]c(=O)c32)cc1. The lowest BCUT2D eigenvalue weighted by atomic mass is 9.92. The Morgan fingerprint density at radius 3 is 2.53 bits per heavy atom. The summed E-state index contributed by atoms with van der Waals surface area (Å²) in [6.45, 7) is 10.5. The molecule has 3 N–H and O–H groups in total. The molecule has 2 aliphatic rings. The van der Waals surface area contributed by atoms with Gasteiger partial charge in [0.15, 0.2) is 0 Å². The molecule has 1 aromatic carbocycles. The summed E-state index contributed by atoms with van der Waals surface area (Å²) < 4.78 is 5.40. The highest BCUT2D eigenvalue weighted by molar-refractivity contribution is 6.04. The summed E-state index contributed by atoms with van der Waals surface area (Å²) >= 11 is 0. The van der Waals surface area contributed by atoms with Crippen molar-refractivity contribution in [3.05, 3.63) is 52.3 Å². The van der Waals surface area contributed by atoms with E-state index >= 15 is 0 Å². The standard InChI is InChI=1S/C25H31N5O4/c1-5-34-16(4)17-9-11-18(12-10-17)26-23(32)19-13-20(31)27-22-21(19)24(33)29-25(28-22)30-14(2)7-6-8-15(30)3/h9-12,14-15,19H,4-8,13H2,1-3H3,(H,26,32)(H2,27,28,29,31,33)/t14-,15+,19-/m0/s1. The minimum atomic E-state index is -0.941. The maximum atomic E-state index is 13.1. The van der Waals surface area contributed by atoms with Gasteiger partial charge in [0.1, 0.15) is 11.6 Å². The summed E-state index contributed by atoms with van der Waals surface area (Å²) in [6.07, 6.45) is 2.99. The fourth-order valence-electron chi connectivity index (χ4n) is 4.77. The Hall–Kier alpha value is -3.62. The zero-order valence-corrected chi connectivity index (χ0v) is 19.8. The molecule has 4 rings (SSSR count). The first-order valence-electron chi connectivity index (χ1n) is 11.7. The summed E-state index contributed by atoms with van der Waals surface area (Å²) in [7, 11) is 0. The van der Waals surface area contributed by atoms with Gasteiger partial charge in [-0.1, -0.05) is 6.58 Å². The Labute approximate surface area is 198 Å². The molecule has 1 fully saturated rings. The highest BCUT2D eigenvalue weighted by atomic mass is 16.5. The van der Waals surface area contributed by atoms with Crippen LogP contribution in [0.2, 0.25) is 0 Å². The van der Waals surface area contributed by atoms with E-state index in [4.69, 9.17) is 4.74 Å². The number of aromatic nitrogens is 2. The first kappa shape index (κ1) is 23.5. The summed E-state index contributed by atoms with van der Waals surface area (Å²) in [6, 6.07) is 7.46. The Kier molecular flexibility index (Phi) is 6.72. The number of fused-ring (bicyclic) bond motifs is 1. The average molecular weight is 466 g/mol. The van der Waals surface area contributed by atoms with Gasteiger partial charge in [0, 0.05) is 29.8 Å². The fraction of sp³-hybridized carbons (Fsp3) is 0.440. The number of nitrogens with zero attached hydrogens (tertiary/aromatic N) is 2. The van der Waals surface area contributed by atoms with Gasteiger partial charge in [-0.2, -0.15) is 4.98 Å². The van der Waals surface area contributed by atoms with Crippen LogP contribution in [0.3, 0.4) is 0 Å². The van der Waals surface area contributed by atoms with Gasteiger partial charge < -0.3 is 20.3 Å². The van der Waals surface area contributed by atoms with Gasteiger partial charge in [-0.05, 0) is 64.3 Å².